The van der Waals surface area contributed by atoms with Crippen molar-refractivity contribution >= 4 is 5.82 Å². The van der Waals surface area contributed by atoms with Gasteiger partial charge in [-0.05, 0) is 26.2 Å². The molecule has 1 saturated heterocycles. The van der Waals surface area contributed by atoms with Gasteiger partial charge in [-0.2, -0.15) is 0 Å². The highest BCUT2D eigenvalue weighted by Gasteiger charge is 2.19. The quantitative estimate of drug-likeness (QED) is 0.875. The van der Waals surface area contributed by atoms with Gasteiger partial charge in [0, 0.05) is 19.6 Å². The molecule has 1 fully saturated rings. The number of nitrogens with zero attached hydrogens (tertiary/aromatic N) is 2. The molecule has 0 bridgehead atoms. The summed E-state index contributed by atoms with van der Waals surface area (Å²) in [6.07, 6.45) is 3.92. The zero-order valence-electron chi connectivity index (χ0n) is 11.0. The summed E-state index contributed by atoms with van der Waals surface area (Å²) in [6.45, 7) is 5.23. The predicted molar refractivity (Wildman–Crippen MR) is 68.2 cm³/mol. The zero-order valence-corrected chi connectivity index (χ0v) is 11.0. The van der Waals surface area contributed by atoms with Crippen LogP contribution in [0.4, 0.5) is 10.2 Å². The molecule has 0 amide bonds. The Balaban J connectivity index is 2.11. The van der Waals surface area contributed by atoms with Crippen molar-refractivity contribution in [3.8, 4) is 0 Å². The van der Waals surface area contributed by atoms with Crippen molar-refractivity contribution in [3.05, 3.63) is 17.3 Å². The lowest BCUT2D eigenvalue weighted by molar-refractivity contribution is 0.110. The molecule has 18 heavy (non-hydrogen) atoms. The fourth-order valence-electron chi connectivity index (χ4n) is 2.08. The van der Waals surface area contributed by atoms with Gasteiger partial charge in [-0.15, -0.1) is 0 Å². The molecule has 100 valence electrons. The van der Waals surface area contributed by atoms with Crippen LogP contribution in [0.2, 0.25) is 0 Å². The SMILES string of the molecule is CCCNc1nc(CC2CCCO2)nc(C)c1F. The Hall–Kier alpha value is -1.23. The van der Waals surface area contributed by atoms with E-state index < -0.39 is 0 Å². The van der Waals surface area contributed by atoms with E-state index in [9.17, 15) is 4.39 Å². The summed E-state index contributed by atoms with van der Waals surface area (Å²) >= 11 is 0. The molecule has 2 rings (SSSR count). The fourth-order valence-corrected chi connectivity index (χ4v) is 2.08. The zero-order chi connectivity index (χ0) is 13.0. The number of hydrogen-bond acceptors (Lipinski definition) is 4. The molecule has 1 unspecified atom stereocenters. The molecule has 1 N–H and O–H groups in total. The largest absolute Gasteiger partial charge is 0.378 e. The van der Waals surface area contributed by atoms with Crippen molar-refractivity contribution in [1.82, 2.24) is 9.97 Å². The van der Waals surface area contributed by atoms with Crippen molar-refractivity contribution in [2.75, 3.05) is 18.5 Å². The minimum Gasteiger partial charge on any atom is -0.378 e. The Bertz CT molecular complexity index is 405. The van der Waals surface area contributed by atoms with Crippen LogP contribution in [0, 0.1) is 12.7 Å². The third-order valence-corrected chi connectivity index (χ3v) is 3.04. The standard InChI is InChI=1S/C13H20FN3O/c1-3-6-15-13-12(14)9(2)16-11(17-13)8-10-5-4-7-18-10/h10H,3-8H2,1-2H3,(H,15,16,17). The molecule has 4 nitrogen and oxygen atoms in total. The molecule has 1 aromatic heterocycles. The molecule has 1 aliphatic rings. The van der Waals surface area contributed by atoms with Gasteiger partial charge in [0.2, 0.25) is 0 Å². The van der Waals surface area contributed by atoms with Crippen LogP contribution in [0.3, 0.4) is 0 Å². The van der Waals surface area contributed by atoms with Crippen molar-refractivity contribution in [1.29, 1.82) is 0 Å². The average molecular weight is 253 g/mol. The summed E-state index contributed by atoms with van der Waals surface area (Å²) in [5.41, 5.74) is 0.400. The van der Waals surface area contributed by atoms with Crippen LogP contribution in [0.1, 0.15) is 37.7 Å². The molecular formula is C13H20FN3O. The highest BCUT2D eigenvalue weighted by Crippen LogP contribution is 2.19. The van der Waals surface area contributed by atoms with E-state index in [0.29, 0.717) is 30.3 Å². The highest BCUT2D eigenvalue weighted by molar-refractivity contribution is 5.38. The first-order valence-electron chi connectivity index (χ1n) is 6.59. The van der Waals surface area contributed by atoms with E-state index in [1.54, 1.807) is 6.92 Å². The molecule has 2 heterocycles. The monoisotopic (exact) mass is 253 g/mol. The second-order valence-electron chi connectivity index (χ2n) is 4.65. The lowest BCUT2D eigenvalue weighted by atomic mass is 10.2. The highest BCUT2D eigenvalue weighted by atomic mass is 19.1. The molecule has 0 radical (unpaired) electrons. The predicted octanol–water partition coefficient (Wildman–Crippen LogP) is 2.47. The molecule has 0 aromatic carbocycles. The first kappa shape index (κ1) is 13.2. The number of halogens is 1. The average Bonchev–Trinajstić information content (AvgIpc) is 2.84. The number of ether oxygens (including phenoxy) is 1. The normalized spacial score (nSPS) is 19.2. The van der Waals surface area contributed by atoms with E-state index >= 15 is 0 Å². The van der Waals surface area contributed by atoms with Gasteiger partial charge < -0.3 is 10.1 Å². The molecule has 1 aromatic rings. The smallest absolute Gasteiger partial charge is 0.186 e. The summed E-state index contributed by atoms with van der Waals surface area (Å²) in [6, 6.07) is 0. The van der Waals surface area contributed by atoms with Crippen molar-refractivity contribution in [2.45, 2.75) is 45.6 Å². The Labute approximate surface area is 107 Å². The first-order chi connectivity index (χ1) is 8.70. The second-order valence-corrected chi connectivity index (χ2v) is 4.65. The van der Waals surface area contributed by atoms with Gasteiger partial charge in [-0.1, -0.05) is 6.92 Å². The number of rotatable bonds is 5. The molecule has 1 aliphatic heterocycles. The minimum atomic E-state index is -0.348. The summed E-state index contributed by atoms with van der Waals surface area (Å²) in [5.74, 6) is 0.635. The van der Waals surface area contributed by atoms with Crippen LogP contribution in [-0.2, 0) is 11.2 Å². The van der Waals surface area contributed by atoms with Crippen molar-refractivity contribution in [2.24, 2.45) is 0 Å². The maximum atomic E-state index is 13.8. The Morgan fingerprint density at radius 1 is 1.44 bits per heavy atom. The lowest BCUT2D eigenvalue weighted by Gasteiger charge is -2.12. The van der Waals surface area contributed by atoms with Crippen LogP contribution >= 0.6 is 0 Å². The molecule has 0 saturated carbocycles. The summed E-state index contributed by atoms with van der Waals surface area (Å²) < 4.78 is 19.4. The van der Waals surface area contributed by atoms with Gasteiger partial charge in [0.25, 0.3) is 0 Å². The molecular weight excluding hydrogens is 233 g/mol. The molecule has 0 aliphatic carbocycles. The van der Waals surface area contributed by atoms with E-state index in [4.69, 9.17) is 4.74 Å². The van der Waals surface area contributed by atoms with Gasteiger partial charge in [0.15, 0.2) is 11.6 Å². The summed E-state index contributed by atoms with van der Waals surface area (Å²) in [5, 5.41) is 3.00. The van der Waals surface area contributed by atoms with E-state index in [-0.39, 0.29) is 11.9 Å². The third kappa shape index (κ3) is 3.16. The lowest BCUT2D eigenvalue weighted by Crippen LogP contribution is -2.15. The molecule has 5 heteroatoms. The summed E-state index contributed by atoms with van der Waals surface area (Å²) in [4.78, 5) is 8.46. The Morgan fingerprint density at radius 3 is 2.94 bits per heavy atom. The van der Waals surface area contributed by atoms with Gasteiger partial charge in [0.05, 0.1) is 11.8 Å². The van der Waals surface area contributed by atoms with Crippen LogP contribution in [-0.4, -0.2) is 29.2 Å². The number of hydrogen-bond donors (Lipinski definition) is 1. The Kier molecular flexibility index (Phi) is 4.47. The van der Waals surface area contributed by atoms with E-state index in [1.807, 2.05) is 6.92 Å². The summed E-state index contributed by atoms with van der Waals surface area (Å²) in [7, 11) is 0. The molecule has 0 spiro atoms. The third-order valence-electron chi connectivity index (χ3n) is 3.04. The van der Waals surface area contributed by atoms with Crippen LogP contribution in [0.25, 0.3) is 0 Å². The van der Waals surface area contributed by atoms with Gasteiger partial charge in [-0.25, -0.2) is 14.4 Å². The minimum absolute atomic E-state index is 0.189. The maximum absolute atomic E-state index is 13.8. The van der Waals surface area contributed by atoms with Gasteiger partial charge >= 0.3 is 0 Å². The van der Waals surface area contributed by atoms with Gasteiger partial charge in [-0.3, -0.25) is 0 Å². The number of aromatic nitrogens is 2. The Morgan fingerprint density at radius 2 is 2.28 bits per heavy atom. The van der Waals surface area contributed by atoms with E-state index in [1.165, 1.54) is 0 Å². The number of aryl methyl sites for hydroxylation is 1. The topological polar surface area (TPSA) is 47.0 Å². The second kappa shape index (κ2) is 6.09. The first-order valence-corrected chi connectivity index (χ1v) is 6.59. The fraction of sp³-hybridized carbons (Fsp3) is 0.692. The van der Waals surface area contributed by atoms with Gasteiger partial charge in [0.1, 0.15) is 5.82 Å². The van der Waals surface area contributed by atoms with Crippen molar-refractivity contribution < 1.29 is 9.13 Å². The van der Waals surface area contributed by atoms with Crippen molar-refractivity contribution in [3.63, 3.8) is 0 Å². The number of nitrogens with one attached hydrogen (secondary N) is 1. The van der Waals surface area contributed by atoms with Crippen LogP contribution < -0.4 is 5.32 Å². The molecule has 1 atom stereocenters. The van der Waals surface area contributed by atoms with Crippen LogP contribution in [0.5, 0.6) is 0 Å². The van der Waals surface area contributed by atoms with E-state index in [2.05, 4.69) is 15.3 Å². The maximum Gasteiger partial charge on any atom is 0.186 e. The van der Waals surface area contributed by atoms with E-state index in [0.717, 1.165) is 25.9 Å². The van der Waals surface area contributed by atoms with Crippen LogP contribution in [0.15, 0.2) is 0 Å². The number of anilines is 1.